The molecule has 4 heterocycles. The number of H-pyrrole nitrogens is 1. The van der Waals surface area contributed by atoms with Crippen molar-refractivity contribution in [2.75, 3.05) is 40.0 Å². The molecule has 0 bridgehead atoms. The lowest BCUT2D eigenvalue weighted by Crippen LogP contribution is -2.67. The molecule has 192 valence electrons. The van der Waals surface area contributed by atoms with Crippen LogP contribution in [-0.4, -0.2) is 60.8 Å². The number of fused-ring (bicyclic) bond motifs is 2. The van der Waals surface area contributed by atoms with Crippen LogP contribution in [-0.2, 0) is 16.0 Å². The third kappa shape index (κ3) is 4.69. The Labute approximate surface area is 215 Å². The molecule has 0 unspecified atom stereocenters. The van der Waals surface area contributed by atoms with Crippen LogP contribution in [0.25, 0.3) is 17.0 Å². The Morgan fingerprint density at radius 3 is 2.81 bits per heavy atom. The molecule has 2 fully saturated rings. The summed E-state index contributed by atoms with van der Waals surface area (Å²) in [5.74, 6) is 2.85. The van der Waals surface area contributed by atoms with Gasteiger partial charge in [-0.1, -0.05) is 0 Å². The second-order valence-corrected chi connectivity index (χ2v) is 10.2. The number of aryl methyl sites for hydroxylation is 1. The number of nitrogens with zero attached hydrogens (tertiary/aromatic N) is 2. The smallest absolute Gasteiger partial charge is 0.222 e. The van der Waals surface area contributed by atoms with E-state index in [2.05, 4.69) is 29.0 Å². The van der Waals surface area contributed by atoms with Crippen LogP contribution in [0.15, 0.2) is 48.4 Å². The lowest BCUT2D eigenvalue weighted by Gasteiger charge is -2.55. The summed E-state index contributed by atoms with van der Waals surface area (Å²) in [7, 11) is 1.62. The molecule has 8 heteroatoms. The van der Waals surface area contributed by atoms with Gasteiger partial charge in [-0.3, -0.25) is 9.78 Å². The zero-order chi connectivity index (χ0) is 25.4. The monoisotopic (exact) mass is 501 g/mol. The zero-order valence-electron chi connectivity index (χ0n) is 21.2. The van der Waals surface area contributed by atoms with Crippen LogP contribution >= 0.6 is 0 Å². The van der Waals surface area contributed by atoms with Crippen LogP contribution in [0.1, 0.15) is 29.8 Å². The van der Waals surface area contributed by atoms with Crippen molar-refractivity contribution < 1.29 is 23.7 Å². The number of rotatable bonds is 8. The van der Waals surface area contributed by atoms with Crippen molar-refractivity contribution in [2.24, 2.45) is 5.41 Å². The Hall–Kier alpha value is -3.78. The summed E-state index contributed by atoms with van der Waals surface area (Å²) in [6.45, 7) is 5.68. The van der Waals surface area contributed by atoms with E-state index in [-0.39, 0.29) is 11.3 Å². The number of amides is 1. The number of aromatic nitrogens is 2. The van der Waals surface area contributed by atoms with Crippen LogP contribution in [0.2, 0.25) is 0 Å². The normalized spacial score (nSPS) is 17.5. The van der Waals surface area contributed by atoms with E-state index in [0.717, 1.165) is 60.8 Å². The number of hydrogen-bond acceptors (Lipinski definition) is 6. The van der Waals surface area contributed by atoms with Crippen molar-refractivity contribution in [3.8, 4) is 17.2 Å². The lowest BCUT2D eigenvalue weighted by atomic mass is 9.78. The maximum atomic E-state index is 12.4. The first-order chi connectivity index (χ1) is 18.0. The Bertz CT molecular complexity index is 1390. The maximum absolute atomic E-state index is 12.4. The van der Waals surface area contributed by atoms with Gasteiger partial charge in [0.25, 0.3) is 0 Å². The van der Waals surface area contributed by atoms with Crippen molar-refractivity contribution in [3.05, 3.63) is 65.3 Å². The first-order valence-corrected chi connectivity index (χ1v) is 12.7. The van der Waals surface area contributed by atoms with Gasteiger partial charge in [-0.25, -0.2) is 0 Å². The fraction of sp³-hybridized carbons (Fsp3) is 0.379. The summed E-state index contributed by atoms with van der Waals surface area (Å²) in [5.41, 5.74) is 4.50. The summed E-state index contributed by atoms with van der Waals surface area (Å²) in [6.07, 6.45) is 9.73. The van der Waals surface area contributed by atoms with Gasteiger partial charge in [-0.05, 0) is 61.8 Å². The summed E-state index contributed by atoms with van der Waals surface area (Å²) in [6, 6.07) is 7.77. The first-order valence-electron chi connectivity index (χ1n) is 12.7. The van der Waals surface area contributed by atoms with E-state index < -0.39 is 0 Å². The minimum atomic E-state index is 0.180. The van der Waals surface area contributed by atoms with Gasteiger partial charge in [0.15, 0.2) is 11.5 Å². The number of hydrogen-bond donors (Lipinski definition) is 1. The van der Waals surface area contributed by atoms with Crippen LogP contribution < -0.4 is 14.2 Å². The van der Waals surface area contributed by atoms with Crippen molar-refractivity contribution in [1.82, 2.24) is 14.9 Å². The third-order valence-electron chi connectivity index (χ3n) is 7.24. The van der Waals surface area contributed by atoms with Gasteiger partial charge in [-0.2, -0.15) is 0 Å². The van der Waals surface area contributed by atoms with Gasteiger partial charge < -0.3 is 28.8 Å². The van der Waals surface area contributed by atoms with Crippen molar-refractivity contribution >= 4 is 22.9 Å². The van der Waals surface area contributed by atoms with E-state index in [1.54, 1.807) is 13.3 Å². The Morgan fingerprint density at radius 1 is 1.16 bits per heavy atom. The summed E-state index contributed by atoms with van der Waals surface area (Å²) in [4.78, 5) is 22.2. The van der Waals surface area contributed by atoms with Crippen molar-refractivity contribution in [2.45, 2.75) is 26.2 Å². The van der Waals surface area contributed by atoms with E-state index in [1.165, 1.54) is 5.56 Å². The van der Waals surface area contributed by atoms with Gasteiger partial charge in [0, 0.05) is 48.5 Å². The molecule has 1 amide bonds. The average molecular weight is 502 g/mol. The van der Waals surface area contributed by atoms with Crippen LogP contribution in [0.4, 0.5) is 0 Å². The molecule has 1 aromatic carbocycles. The Kier molecular flexibility index (Phi) is 6.12. The minimum absolute atomic E-state index is 0.180. The molecule has 2 aliphatic heterocycles. The third-order valence-corrected chi connectivity index (χ3v) is 7.24. The van der Waals surface area contributed by atoms with E-state index in [1.807, 2.05) is 35.3 Å². The number of likely N-dealkylation sites (tertiary alicyclic amines) is 1. The second kappa shape index (κ2) is 9.59. The summed E-state index contributed by atoms with van der Waals surface area (Å²) >= 11 is 0. The van der Waals surface area contributed by atoms with Gasteiger partial charge in [0.1, 0.15) is 11.5 Å². The number of carbonyl (C=O) groups excluding carboxylic acids is 1. The molecule has 3 aromatic rings. The Balaban J connectivity index is 1.10. The predicted molar refractivity (Wildman–Crippen MR) is 140 cm³/mol. The fourth-order valence-electron chi connectivity index (χ4n) is 5.20. The molecular weight excluding hydrogens is 470 g/mol. The number of nitrogens with one attached hydrogen (secondary N) is 1. The molecule has 1 spiro atoms. The molecule has 3 aliphatic rings. The highest BCUT2D eigenvalue weighted by Crippen LogP contribution is 2.38. The van der Waals surface area contributed by atoms with E-state index in [9.17, 15) is 4.79 Å². The van der Waals surface area contributed by atoms with E-state index in [0.29, 0.717) is 36.7 Å². The quantitative estimate of drug-likeness (QED) is 0.460. The number of methoxy groups -OCH3 is 1. The van der Waals surface area contributed by atoms with E-state index in [4.69, 9.17) is 18.9 Å². The molecule has 2 aromatic heterocycles. The maximum Gasteiger partial charge on any atom is 0.222 e. The molecule has 2 saturated heterocycles. The SMILES string of the molecule is COc1cc2c(OC3=CCc4cc(C)[nH]c4C=C3)ccnc2cc1OCCCC(=O)N1CC2(COC2)C1. The fourth-order valence-corrected chi connectivity index (χ4v) is 5.20. The van der Waals surface area contributed by atoms with Crippen molar-refractivity contribution in [1.29, 1.82) is 0 Å². The standard InChI is InChI=1S/C29H31N3O5/c1-19-12-20-5-6-21(7-8-23(20)31-19)37-25-9-10-30-24-14-27(26(34-2)13-22(24)25)36-11-3-4-28(33)32-15-29(16-32)17-35-18-29/h6-10,12-14,31H,3-5,11,15-18H2,1-2H3. The van der Waals surface area contributed by atoms with Crippen LogP contribution in [0.3, 0.4) is 0 Å². The molecule has 37 heavy (non-hydrogen) atoms. The van der Waals surface area contributed by atoms with E-state index >= 15 is 0 Å². The van der Waals surface area contributed by atoms with Gasteiger partial charge >= 0.3 is 0 Å². The molecular formula is C29H31N3O5. The van der Waals surface area contributed by atoms with Crippen LogP contribution in [0, 0.1) is 12.3 Å². The van der Waals surface area contributed by atoms with Gasteiger partial charge in [-0.15, -0.1) is 0 Å². The largest absolute Gasteiger partial charge is 0.493 e. The molecule has 0 saturated carbocycles. The lowest BCUT2D eigenvalue weighted by molar-refractivity contribution is -0.195. The van der Waals surface area contributed by atoms with Crippen LogP contribution in [0.5, 0.6) is 17.2 Å². The van der Waals surface area contributed by atoms with Gasteiger partial charge in [0.05, 0.1) is 37.9 Å². The Morgan fingerprint density at radius 2 is 2.03 bits per heavy atom. The number of benzene rings is 1. The number of pyridine rings is 1. The molecule has 1 N–H and O–H groups in total. The highest BCUT2D eigenvalue weighted by molar-refractivity contribution is 5.88. The first kappa shape index (κ1) is 23.6. The average Bonchev–Trinajstić information content (AvgIpc) is 3.10. The number of ether oxygens (including phenoxy) is 4. The topological polar surface area (TPSA) is 85.9 Å². The molecule has 0 radical (unpaired) electrons. The molecule has 1 aliphatic carbocycles. The summed E-state index contributed by atoms with van der Waals surface area (Å²) in [5, 5.41) is 0.835. The molecule has 0 atom stereocenters. The second-order valence-electron chi connectivity index (χ2n) is 10.2. The molecule has 6 rings (SSSR count). The number of aromatic amines is 1. The highest BCUT2D eigenvalue weighted by atomic mass is 16.5. The van der Waals surface area contributed by atoms with Gasteiger partial charge in [0.2, 0.25) is 5.91 Å². The van der Waals surface area contributed by atoms with Crippen molar-refractivity contribution in [3.63, 3.8) is 0 Å². The zero-order valence-corrected chi connectivity index (χ0v) is 21.2. The molecule has 8 nitrogen and oxygen atoms in total. The minimum Gasteiger partial charge on any atom is -0.493 e. The number of allylic oxidation sites excluding steroid dienone is 2. The number of carbonyl (C=O) groups is 1. The predicted octanol–water partition coefficient (Wildman–Crippen LogP) is 4.43. The highest BCUT2D eigenvalue weighted by Gasteiger charge is 2.50. The summed E-state index contributed by atoms with van der Waals surface area (Å²) < 4.78 is 23.2.